The summed E-state index contributed by atoms with van der Waals surface area (Å²) in [6.45, 7) is 6.30. The summed E-state index contributed by atoms with van der Waals surface area (Å²) < 4.78 is 38.1. The van der Waals surface area contributed by atoms with Crippen LogP contribution in [0, 0.1) is 5.92 Å². The molecule has 0 bridgehead atoms. The molecule has 1 aliphatic heterocycles. The fourth-order valence-corrected chi connectivity index (χ4v) is 3.99. The molecule has 2 rings (SSSR count). The lowest BCUT2D eigenvalue weighted by atomic mass is 10.1. The summed E-state index contributed by atoms with van der Waals surface area (Å²) in [6.07, 6.45) is -1.05. The molecule has 2 amide bonds. The Kier molecular flexibility index (Phi) is 10.3. The molecule has 3 atom stereocenters. The maximum atomic E-state index is 12.8. The Balaban J connectivity index is 2.05. The topological polar surface area (TPSA) is 137 Å². The van der Waals surface area contributed by atoms with Crippen molar-refractivity contribution in [3.8, 4) is 0 Å². The molecule has 1 aromatic carbocycles. The molecule has 11 heteroatoms. The van der Waals surface area contributed by atoms with Crippen LogP contribution in [-0.4, -0.2) is 51.0 Å². The standard InChI is InChI=1S/C22H32N2O8S/c1-4-5-11-17(20(25)23-13-12-15(2)3)24-21(26)18-19(32-33(28,29)31-18)22(27)30-14-16-9-7-6-8-10-16/h6-10,15,17-19H,4-5,11-14H2,1-3H3,(H,23,25)(H,24,26)/t17-,18-,19-/m0/s1. The Labute approximate surface area is 194 Å². The third-order valence-corrected chi connectivity index (χ3v) is 5.82. The Morgan fingerprint density at radius 3 is 2.36 bits per heavy atom. The van der Waals surface area contributed by atoms with Gasteiger partial charge in [-0.25, -0.2) is 13.2 Å². The van der Waals surface area contributed by atoms with Crippen LogP contribution in [0.5, 0.6) is 0 Å². The molecule has 184 valence electrons. The van der Waals surface area contributed by atoms with Gasteiger partial charge in [-0.3, -0.25) is 9.59 Å². The molecule has 2 N–H and O–H groups in total. The zero-order chi connectivity index (χ0) is 24.4. The number of esters is 1. The maximum absolute atomic E-state index is 12.8. The second-order valence-electron chi connectivity index (χ2n) is 8.21. The van der Waals surface area contributed by atoms with E-state index >= 15 is 0 Å². The summed E-state index contributed by atoms with van der Waals surface area (Å²) in [7, 11) is -4.58. The molecule has 1 fully saturated rings. The highest BCUT2D eigenvalue weighted by Crippen LogP contribution is 2.23. The van der Waals surface area contributed by atoms with Crippen LogP contribution in [0.15, 0.2) is 30.3 Å². The van der Waals surface area contributed by atoms with Gasteiger partial charge in [-0.1, -0.05) is 63.9 Å². The van der Waals surface area contributed by atoms with E-state index < -0.39 is 40.5 Å². The average molecular weight is 485 g/mol. The van der Waals surface area contributed by atoms with Crippen LogP contribution in [0.25, 0.3) is 0 Å². The summed E-state index contributed by atoms with van der Waals surface area (Å²) in [4.78, 5) is 37.9. The van der Waals surface area contributed by atoms with Gasteiger partial charge < -0.3 is 15.4 Å². The third kappa shape index (κ3) is 8.75. The maximum Gasteiger partial charge on any atom is 0.401 e. The number of hydrogen-bond acceptors (Lipinski definition) is 8. The van der Waals surface area contributed by atoms with E-state index in [-0.39, 0.29) is 12.5 Å². The minimum atomic E-state index is -4.58. The van der Waals surface area contributed by atoms with E-state index in [9.17, 15) is 22.8 Å². The fraction of sp³-hybridized carbons (Fsp3) is 0.591. The van der Waals surface area contributed by atoms with Crippen LogP contribution in [0.1, 0.15) is 52.0 Å². The van der Waals surface area contributed by atoms with Crippen molar-refractivity contribution in [2.24, 2.45) is 5.92 Å². The van der Waals surface area contributed by atoms with E-state index in [0.29, 0.717) is 30.9 Å². The summed E-state index contributed by atoms with van der Waals surface area (Å²) in [5.41, 5.74) is 0.673. The minimum Gasteiger partial charge on any atom is -0.459 e. The molecular weight excluding hydrogens is 452 g/mol. The Bertz CT molecular complexity index is 904. The van der Waals surface area contributed by atoms with Gasteiger partial charge >= 0.3 is 16.4 Å². The monoisotopic (exact) mass is 484 g/mol. The molecule has 1 saturated heterocycles. The van der Waals surface area contributed by atoms with Crippen LogP contribution in [-0.2, 0) is 44.5 Å². The molecular formula is C22H32N2O8S. The van der Waals surface area contributed by atoms with E-state index in [4.69, 9.17) is 8.92 Å². The molecule has 0 radical (unpaired) electrons. The first kappa shape index (κ1) is 26.7. The van der Waals surface area contributed by atoms with Gasteiger partial charge in [0.1, 0.15) is 12.6 Å². The molecule has 1 aromatic rings. The number of carbonyl (C=O) groups is 3. The van der Waals surface area contributed by atoms with Crippen molar-refractivity contribution in [1.29, 1.82) is 0 Å². The first-order chi connectivity index (χ1) is 15.6. The molecule has 1 aliphatic rings. The van der Waals surface area contributed by atoms with Gasteiger partial charge in [0.25, 0.3) is 5.91 Å². The SMILES string of the molecule is CCCC[C@H](NC(=O)[C@H]1OS(=O)(=O)O[C@@H]1C(=O)OCc1ccccc1)C(=O)NCCC(C)C. The third-order valence-electron chi connectivity index (χ3n) is 4.93. The van der Waals surface area contributed by atoms with Gasteiger partial charge in [-0.05, 0) is 24.3 Å². The number of carbonyl (C=O) groups excluding carboxylic acids is 3. The van der Waals surface area contributed by atoms with E-state index in [1.54, 1.807) is 30.3 Å². The number of benzene rings is 1. The first-order valence-electron chi connectivity index (χ1n) is 11.0. The van der Waals surface area contributed by atoms with Crippen molar-refractivity contribution < 1.29 is 35.9 Å². The van der Waals surface area contributed by atoms with Crippen molar-refractivity contribution in [3.63, 3.8) is 0 Å². The molecule has 1 heterocycles. The van der Waals surface area contributed by atoms with Gasteiger partial charge in [0, 0.05) is 6.54 Å². The summed E-state index contributed by atoms with van der Waals surface area (Å²) in [5.74, 6) is -2.00. The van der Waals surface area contributed by atoms with Crippen molar-refractivity contribution in [2.45, 2.75) is 71.3 Å². The highest BCUT2D eigenvalue weighted by atomic mass is 32.3. The number of amides is 2. The number of ether oxygens (including phenoxy) is 1. The number of nitrogens with one attached hydrogen (secondary N) is 2. The minimum absolute atomic E-state index is 0.134. The zero-order valence-corrected chi connectivity index (χ0v) is 19.9. The van der Waals surface area contributed by atoms with Crippen LogP contribution >= 0.6 is 0 Å². The van der Waals surface area contributed by atoms with Gasteiger partial charge in [-0.2, -0.15) is 8.42 Å². The quantitative estimate of drug-likeness (QED) is 0.427. The van der Waals surface area contributed by atoms with Crippen LogP contribution in [0.2, 0.25) is 0 Å². The van der Waals surface area contributed by atoms with Crippen LogP contribution < -0.4 is 10.6 Å². The normalized spacial score (nSPS) is 20.2. The van der Waals surface area contributed by atoms with E-state index in [1.807, 2.05) is 20.8 Å². The predicted molar refractivity (Wildman–Crippen MR) is 119 cm³/mol. The molecule has 33 heavy (non-hydrogen) atoms. The number of hydrogen-bond donors (Lipinski definition) is 2. The summed E-state index contributed by atoms with van der Waals surface area (Å²) in [5, 5.41) is 5.27. The van der Waals surface area contributed by atoms with Crippen LogP contribution in [0.4, 0.5) is 0 Å². The van der Waals surface area contributed by atoms with Gasteiger partial charge in [0.15, 0.2) is 6.10 Å². The second-order valence-corrected chi connectivity index (χ2v) is 9.41. The van der Waals surface area contributed by atoms with Gasteiger partial charge in [-0.15, -0.1) is 0 Å². The zero-order valence-electron chi connectivity index (χ0n) is 19.1. The fourth-order valence-electron chi connectivity index (χ4n) is 3.07. The highest BCUT2D eigenvalue weighted by molar-refractivity contribution is 7.82. The molecule has 10 nitrogen and oxygen atoms in total. The molecule has 0 aromatic heterocycles. The highest BCUT2D eigenvalue weighted by Gasteiger charge is 2.50. The largest absolute Gasteiger partial charge is 0.459 e. The van der Waals surface area contributed by atoms with Crippen molar-refractivity contribution in [3.05, 3.63) is 35.9 Å². The lowest BCUT2D eigenvalue weighted by Crippen LogP contribution is -2.52. The molecule has 0 unspecified atom stereocenters. The van der Waals surface area contributed by atoms with Crippen molar-refractivity contribution in [2.75, 3.05) is 6.54 Å². The van der Waals surface area contributed by atoms with E-state index in [2.05, 4.69) is 14.8 Å². The van der Waals surface area contributed by atoms with Gasteiger partial charge in [0.05, 0.1) is 0 Å². The number of rotatable bonds is 12. The molecule has 0 aliphatic carbocycles. The van der Waals surface area contributed by atoms with Crippen molar-refractivity contribution >= 4 is 28.2 Å². The lowest BCUT2D eigenvalue weighted by molar-refractivity contribution is -0.157. The first-order valence-corrected chi connectivity index (χ1v) is 12.4. The Hall–Kier alpha value is -2.50. The molecule has 0 saturated carbocycles. The Morgan fingerprint density at radius 1 is 1.06 bits per heavy atom. The summed E-state index contributed by atoms with van der Waals surface area (Å²) in [6, 6.07) is 7.83. The lowest BCUT2D eigenvalue weighted by Gasteiger charge is -2.21. The van der Waals surface area contributed by atoms with E-state index in [0.717, 1.165) is 12.8 Å². The Morgan fingerprint density at radius 2 is 1.73 bits per heavy atom. The van der Waals surface area contributed by atoms with Gasteiger partial charge in [0.2, 0.25) is 12.0 Å². The van der Waals surface area contributed by atoms with Crippen LogP contribution in [0.3, 0.4) is 0 Å². The predicted octanol–water partition coefficient (Wildman–Crippen LogP) is 1.60. The second kappa shape index (κ2) is 12.7. The molecule has 0 spiro atoms. The smallest absolute Gasteiger partial charge is 0.401 e. The summed E-state index contributed by atoms with van der Waals surface area (Å²) >= 11 is 0. The van der Waals surface area contributed by atoms with E-state index in [1.165, 1.54) is 0 Å². The van der Waals surface area contributed by atoms with Crippen molar-refractivity contribution in [1.82, 2.24) is 10.6 Å². The average Bonchev–Trinajstić information content (AvgIpc) is 3.10. The number of unbranched alkanes of at least 4 members (excludes halogenated alkanes) is 1.